The number of nitrogens with one attached hydrogen (secondary N) is 2. The van der Waals surface area contributed by atoms with Crippen molar-refractivity contribution in [2.75, 3.05) is 6.61 Å². The van der Waals surface area contributed by atoms with Crippen molar-refractivity contribution in [3.8, 4) is 5.75 Å². The Kier molecular flexibility index (Phi) is 6.46. The lowest BCUT2D eigenvalue weighted by atomic mass is 10.1. The molecule has 6 nitrogen and oxygen atoms in total. The molecule has 1 aromatic heterocycles. The van der Waals surface area contributed by atoms with Crippen molar-refractivity contribution in [1.82, 2.24) is 15.4 Å². The minimum absolute atomic E-state index is 0.178. The first-order valence-corrected chi connectivity index (χ1v) is 9.16. The Bertz CT molecular complexity index is 935. The Balaban J connectivity index is 1.52. The van der Waals surface area contributed by atoms with Gasteiger partial charge >= 0.3 is 0 Å². The van der Waals surface area contributed by atoms with Gasteiger partial charge in [-0.25, -0.2) is 0 Å². The van der Waals surface area contributed by atoms with E-state index in [2.05, 4.69) is 10.9 Å². The van der Waals surface area contributed by atoms with Gasteiger partial charge in [-0.15, -0.1) is 0 Å². The molecule has 144 valence electrons. The average Bonchev–Trinajstić information content (AvgIpc) is 3.19. The first kappa shape index (κ1) is 19.2. The van der Waals surface area contributed by atoms with E-state index in [1.165, 1.54) is 0 Å². The molecule has 0 aliphatic rings. The van der Waals surface area contributed by atoms with E-state index in [0.717, 1.165) is 17.5 Å². The number of para-hydroxylation sites is 1. The van der Waals surface area contributed by atoms with Crippen LogP contribution in [0, 0.1) is 0 Å². The summed E-state index contributed by atoms with van der Waals surface area (Å²) in [5.74, 6) is -0.146. The minimum atomic E-state index is -0.430. The zero-order valence-electron chi connectivity index (χ0n) is 15.7. The van der Waals surface area contributed by atoms with Crippen LogP contribution in [0.3, 0.4) is 0 Å². The highest BCUT2D eigenvalue weighted by Crippen LogP contribution is 2.17. The maximum atomic E-state index is 12.4. The van der Waals surface area contributed by atoms with Crippen molar-refractivity contribution < 1.29 is 14.3 Å². The van der Waals surface area contributed by atoms with Gasteiger partial charge in [0.15, 0.2) is 6.61 Å². The summed E-state index contributed by atoms with van der Waals surface area (Å²) < 4.78 is 7.37. The smallest absolute Gasteiger partial charge is 0.286 e. The number of amides is 2. The van der Waals surface area contributed by atoms with Gasteiger partial charge in [-0.05, 0) is 35.7 Å². The zero-order valence-corrected chi connectivity index (χ0v) is 15.7. The maximum absolute atomic E-state index is 12.4. The Hall–Kier alpha value is -3.54. The number of ether oxygens (including phenoxy) is 1. The van der Waals surface area contributed by atoms with Crippen molar-refractivity contribution in [2.24, 2.45) is 0 Å². The fourth-order valence-electron chi connectivity index (χ4n) is 2.84. The van der Waals surface area contributed by atoms with Crippen molar-refractivity contribution in [2.45, 2.75) is 19.9 Å². The molecular formula is C22H23N3O3. The highest BCUT2D eigenvalue weighted by Gasteiger charge is 2.12. The molecule has 6 heteroatoms. The first-order valence-electron chi connectivity index (χ1n) is 9.16. The minimum Gasteiger partial charge on any atom is -0.483 e. The molecule has 0 spiro atoms. The summed E-state index contributed by atoms with van der Waals surface area (Å²) in [7, 11) is 0. The second kappa shape index (κ2) is 9.41. The van der Waals surface area contributed by atoms with Crippen LogP contribution < -0.4 is 15.6 Å². The summed E-state index contributed by atoms with van der Waals surface area (Å²) in [6.45, 7) is 2.41. The Morgan fingerprint density at radius 1 is 0.929 bits per heavy atom. The molecule has 1 heterocycles. The second-order valence-electron chi connectivity index (χ2n) is 6.26. The third-order valence-corrected chi connectivity index (χ3v) is 4.29. The fourth-order valence-corrected chi connectivity index (χ4v) is 2.84. The lowest BCUT2D eigenvalue weighted by molar-refractivity contribution is -0.123. The number of nitrogens with zero attached hydrogens (tertiary/aromatic N) is 1. The van der Waals surface area contributed by atoms with Crippen molar-refractivity contribution in [3.63, 3.8) is 0 Å². The zero-order chi connectivity index (χ0) is 19.8. The summed E-state index contributed by atoms with van der Waals surface area (Å²) in [5, 5.41) is 0. The third kappa shape index (κ3) is 5.01. The predicted molar refractivity (Wildman–Crippen MR) is 107 cm³/mol. The van der Waals surface area contributed by atoms with E-state index in [1.807, 2.05) is 72.3 Å². The summed E-state index contributed by atoms with van der Waals surface area (Å²) >= 11 is 0. The lowest BCUT2D eigenvalue weighted by Gasteiger charge is -2.12. The number of rotatable bonds is 7. The number of benzene rings is 2. The summed E-state index contributed by atoms with van der Waals surface area (Å²) in [4.78, 5) is 24.4. The molecular weight excluding hydrogens is 354 g/mol. The number of carbonyl (C=O) groups excluding carboxylic acids is 2. The number of aromatic nitrogens is 1. The molecule has 0 bridgehead atoms. The molecule has 2 amide bonds. The Morgan fingerprint density at radius 2 is 1.68 bits per heavy atom. The van der Waals surface area contributed by atoms with E-state index in [-0.39, 0.29) is 12.5 Å². The second-order valence-corrected chi connectivity index (χ2v) is 6.26. The molecule has 2 N–H and O–H groups in total. The van der Waals surface area contributed by atoms with E-state index in [1.54, 1.807) is 12.1 Å². The van der Waals surface area contributed by atoms with Crippen molar-refractivity contribution in [3.05, 3.63) is 89.7 Å². The highest BCUT2D eigenvalue weighted by molar-refractivity contribution is 5.94. The summed E-state index contributed by atoms with van der Waals surface area (Å²) in [6.07, 6.45) is 2.64. The van der Waals surface area contributed by atoms with Gasteiger partial charge in [0.1, 0.15) is 11.4 Å². The average molecular weight is 377 g/mol. The van der Waals surface area contributed by atoms with E-state index in [9.17, 15) is 9.59 Å². The topological polar surface area (TPSA) is 72.4 Å². The largest absolute Gasteiger partial charge is 0.483 e. The van der Waals surface area contributed by atoms with E-state index < -0.39 is 5.91 Å². The van der Waals surface area contributed by atoms with Crippen LogP contribution in [0.1, 0.15) is 28.5 Å². The molecule has 0 fully saturated rings. The molecule has 0 atom stereocenters. The fraction of sp³-hybridized carbons (Fsp3) is 0.182. The van der Waals surface area contributed by atoms with Gasteiger partial charge in [-0.2, -0.15) is 0 Å². The molecule has 0 radical (unpaired) electrons. The van der Waals surface area contributed by atoms with E-state index in [0.29, 0.717) is 18.0 Å². The highest BCUT2D eigenvalue weighted by atomic mass is 16.5. The van der Waals surface area contributed by atoms with Crippen LogP contribution in [-0.2, 0) is 17.8 Å². The van der Waals surface area contributed by atoms with Gasteiger partial charge in [0.2, 0.25) is 0 Å². The quantitative estimate of drug-likeness (QED) is 0.622. The molecule has 0 aliphatic carbocycles. The maximum Gasteiger partial charge on any atom is 0.286 e. The van der Waals surface area contributed by atoms with Crippen molar-refractivity contribution >= 4 is 11.8 Å². The van der Waals surface area contributed by atoms with Crippen molar-refractivity contribution in [1.29, 1.82) is 0 Å². The molecule has 3 aromatic rings. The number of hydrazine groups is 1. The molecule has 3 rings (SSSR count). The summed E-state index contributed by atoms with van der Waals surface area (Å²) in [6, 6.07) is 20.9. The van der Waals surface area contributed by atoms with Gasteiger partial charge in [0.25, 0.3) is 11.8 Å². The molecule has 0 saturated carbocycles. The number of aryl methyl sites for hydroxylation is 1. The van der Waals surface area contributed by atoms with E-state index in [4.69, 9.17) is 4.74 Å². The Morgan fingerprint density at radius 3 is 2.46 bits per heavy atom. The van der Waals surface area contributed by atoms with Crippen LogP contribution in [0.4, 0.5) is 0 Å². The Labute approximate surface area is 164 Å². The van der Waals surface area contributed by atoms with Gasteiger partial charge in [-0.1, -0.05) is 55.5 Å². The number of hydrogen-bond donors (Lipinski definition) is 2. The van der Waals surface area contributed by atoms with Crippen LogP contribution in [-0.4, -0.2) is 23.0 Å². The van der Waals surface area contributed by atoms with Crippen LogP contribution in [0.25, 0.3) is 0 Å². The van der Waals surface area contributed by atoms with Crippen LogP contribution in [0.5, 0.6) is 5.75 Å². The lowest BCUT2D eigenvalue weighted by Crippen LogP contribution is -2.44. The standard InChI is InChI=1S/C22H23N3O3/c1-2-18-11-6-7-13-20(18)28-16-21(26)23-24-22(27)19-12-8-14-25(19)15-17-9-4-3-5-10-17/h3-14H,2,15-16H2,1H3,(H,23,26)(H,24,27). The third-order valence-electron chi connectivity index (χ3n) is 4.29. The van der Waals surface area contributed by atoms with Crippen LogP contribution in [0.15, 0.2) is 72.9 Å². The monoisotopic (exact) mass is 377 g/mol. The van der Waals surface area contributed by atoms with Crippen LogP contribution >= 0.6 is 0 Å². The predicted octanol–water partition coefficient (Wildman–Crippen LogP) is 2.94. The summed E-state index contributed by atoms with van der Waals surface area (Å²) in [5.41, 5.74) is 7.40. The number of hydrogen-bond acceptors (Lipinski definition) is 3. The number of carbonyl (C=O) groups is 2. The van der Waals surface area contributed by atoms with Gasteiger partial charge in [0.05, 0.1) is 0 Å². The van der Waals surface area contributed by atoms with Gasteiger partial charge < -0.3 is 9.30 Å². The molecule has 0 unspecified atom stereocenters. The molecule has 2 aromatic carbocycles. The molecule has 0 saturated heterocycles. The molecule has 28 heavy (non-hydrogen) atoms. The SMILES string of the molecule is CCc1ccccc1OCC(=O)NNC(=O)c1cccn1Cc1ccccc1. The van der Waals surface area contributed by atoms with Crippen LogP contribution in [0.2, 0.25) is 0 Å². The first-order chi connectivity index (χ1) is 13.7. The van der Waals surface area contributed by atoms with Gasteiger partial charge in [0, 0.05) is 12.7 Å². The normalized spacial score (nSPS) is 10.3. The van der Waals surface area contributed by atoms with E-state index >= 15 is 0 Å². The van der Waals surface area contributed by atoms with Gasteiger partial charge in [-0.3, -0.25) is 20.4 Å². The molecule has 0 aliphatic heterocycles.